The molecule has 6 fully saturated rings. The van der Waals surface area contributed by atoms with Crippen molar-refractivity contribution in [1.82, 2.24) is 4.90 Å². The second-order valence-corrected chi connectivity index (χ2v) is 12.8. The molecule has 7 rings (SSSR count). The van der Waals surface area contributed by atoms with Crippen LogP contribution in [0.15, 0.2) is 12.1 Å². The molecule has 184 valence electrons. The predicted octanol–water partition coefficient (Wildman–Crippen LogP) is 5.62. The molecule has 1 N–H and O–H groups in total. The van der Waals surface area contributed by atoms with Crippen molar-refractivity contribution in [3.63, 3.8) is 0 Å². The van der Waals surface area contributed by atoms with Crippen molar-refractivity contribution >= 4 is 11.9 Å². The van der Waals surface area contributed by atoms with Crippen LogP contribution in [0.3, 0.4) is 0 Å². The van der Waals surface area contributed by atoms with Crippen molar-refractivity contribution in [2.24, 2.45) is 28.6 Å². The minimum absolute atomic E-state index is 0.0204. The highest BCUT2D eigenvalue weighted by atomic mass is 19.1. The Kier molecular flexibility index (Phi) is 5.06. The van der Waals surface area contributed by atoms with Gasteiger partial charge in [-0.3, -0.25) is 4.79 Å². The quantitative estimate of drug-likeness (QED) is 0.587. The van der Waals surface area contributed by atoms with Gasteiger partial charge in [-0.15, -0.1) is 0 Å². The SMILES string of the molecule is CC1(C)CCN(C(=O)c2cc(C3CC3)c(OCC34CC5CC(CC(C5)C3)C4)cc2F)[C@H]1C(=O)O. The molecule has 5 nitrogen and oxygen atoms in total. The van der Waals surface area contributed by atoms with Gasteiger partial charge >= 0.3 is 5.97 Å². The van der Waals surface area contributed by atoms with Crippen LogP contribution in [0, 0.1) is 34.4 Å². The standard InChI is InChI=1S/C28H36FNO4/c1-27(2)5-6-30(24(27)26(32)33)25(31)21-10-20(19-3-4-19)23(11-22(21)29)34-15-28-12-16-7-17(13-28)9-18(8-16)14-28/h10-11,16-19,24H,3-9,12-15H2,1-2H3,(H,32,33)/t16?,17?,18?,24-,28?/m0/s1. The second-order valence-electron chi connectivity index (χ2n) is 12.8. The zero-order valence-electron chi connectivity index (χ0n) is 20.3. The first kappa shape index (κ1) is 22.4. The molecule has 6 aliphatic rings. The molecule has 1 atom stereocenters. The van der Waals surface area contributed by atoms with E-state index in [-0.39, 0.29) is 11.0 Å². The summed E-state index contributed by atoms with van der Waals surface area (Å²) in [7, 11) is 0. The Bertz CT molecular complexity index is 994. The number of rotatable bonds is 6. The molecule has 1 aliphatic heterocycles. The van der Waals surface area contributed by atoms with Crippen LogP contribution in [0.1, 0.15) is 93.5 Å². The van der Waals surface area contributed by atoms with Crippen LogP contribution in [-0.4, -0.2) is 41.1 Å². The molecule has 34 heavy (non-hydrogen) atoms. The smallest absolute Gasteiger partial charge is 0.326 e. The highest BCUT2D eigenvalue weighted by Crippen LogP contribution is 2.60. The molecule has 1 heterocycles. The fourth-order valence-electron chi connectivity index (χ4n) is 8.21. The van der Waals surface area contributed by atoms with Crippen LogP contribution in [0.4, 0.5) is 4.39 Å². The lowest BCUT2D eigenvalue weighted by atomic mass is 9.50. The Balaban J connectivity index is 1.25. The molecule has 1 amide bonds. The van der Waals surface area contributed by atoms with E-state index in [1.165, 1.54) is 49.5 Å². The van der Waals surface area contributed by atoms with Gasteiger partial charge in [-0.2, -0.15) is 0 Å². The van der Waals surface area contributed by atoms with Crippen LogP contribution in [0.25, 0.3) is 0 Å². The first-order valence-electron chi connectivity index (χ1n) is 13.1. The number of hydrogen-bond acceptors (Lipinski definition) is 3. The minimum atomic E-state index is -1.03. The number of carbonyl (C=O) groups is 2. The average molecular weight is 470 g/mol. The van der Waals surface area contributed by atoms with E-state index in [9.17, 15) is 14.7 Å². The number of benzene rings is 1. The summed E-state index contributed by atoms with van der Waals surface area (Å²) in [6, 6.07) is 2.11. The molecule has 0 aromatic heterocycles. The number of ether oxygens (including phenoxy) is 1. The summed E-state index contributed by atoms with van der Waals surface area (Å²) in [6.45, 7) is 4.68. The van der Waals surface area contributed by atoms with Crippen molar-refractivity contribution in [2.45, 2.75) is 83.6 Å². The maximum Gasteiger partial charge on any atom is 0.326 e. The summed E-state index contributed by atoms with van der Waals surface area (Å²) in [4.78, 5) is 26.6. The summed E-state index contributed by atoms with van der Waals surface area (Å²) in [5.74, 6) is 1.22. The van der Waals surface area contributed by atoms with E-state index in [4.69, 9.17) is 4.74 Å². The van der Waals surface area contributed by atoms with Crippen molar-refractivity contribution in [3.8, 4) is 5.75 Å². The Hall–Kier alpha value is -2.11. The highest BCUT2D eigenvalue weighted by Gasteiger charge is 2.51. The lowest BCUT2D eigenvalue weighted by Gasteiger charge is -2.56. The maximum absolute atomic E-state index is 15.3. The van der Waals surface area contributed by atoms with Crippen molar-refractivity contribution in [3.05, 3.63) is 29.1 Å². The lowest BCUT2D eigenvalue weighted by molar-refractivity contribution is -0.144. The van der Waals surface area contributed by atoms with Crippen LogP contribution in [0.5, 0.6) is 5.75 Å². The van der Waals surface area contributed by atoms with E-state index in [0.29, 0.717) is 31.2 Å². The molecule has 0 spiro atoms. The molecule has 5 saturated carbocycles. The van der Waals surface area contributed by atoms with Crippen LogP contribution >= 0.6 is 0 Å². The highest BCUT2D eigenvalue weighted by molar-refractivity contribution is 5.98. The number of carboxylic acids is 1. The van der Waals surface area contributed by atoms with Gasteiger partial charge in [0.25, 0.3) is 5.91 Å². The van der Waals surface area contributed by atoms with Gasteiger partial charge in [0.05, 0.1) is 12.2 Å². The number of likely N-dealkylation sites (tertiary alicyclic amines) is 1. The normalized spacial score (nSPS) is 35.6. The van der Waals surface area contributed by atoms with Gasteiger partial charge in [0.1, 0.15) is 17.6 Å². The first-order chi connectivity index (χ1) is 16.1. The first-order valence-corrected chi connectivity index (χ1v) is 13.1. The zero-order chi connectivity index (χ0) is 23.8. The van der Waals surface area contributed by atoms with Gasteiger partial charge in [-0.25, -0.2) is 9.18 Å². The molecule has 4 bridgehead atoms. The number of amides is 1. The van der Waals surface area contributed by atoms with Gasteiger partial charge in [0, 0.05) is 18.0 Å². The summed E-state index contributed by atoms with van der Waals surface area (Å²) < 4.78 is 21.7. The van der Waals surface area contributed by atoms with E-state index in [2.05, 4.69) is 0 Å². The molecule has 1 aromatic carbocycles. The molecule has 5 aliphatic carbocycles. The largest absolute Gasteiger partial charge is 0.493 e. The zero-order valence-corrected chi connectivity index (χ0v) is 20.3. The van der Waals surface area contributed by atoms with Gasteiger partial charge in [-0.1, -0.05) is 13.8 Å². The number of hydrogen-bond donors (Lipinski definition) is 1. The summed E-state index contributed by atoms with van der Waals surface area (Å²) in [5.41, 5.74) is 0.585. The second kappa shape index (κ2) is 7.69. The van der Waals surface area contributed by atoms with Gasteiger partial charge in [-0.05, 0) is 98.5 Å². The summed E-state index contributed by atoms with van der Waals surface area (Å²) >= 11 is 0. The fourth-order valence-corrected chi connectivity index (χ4v) is 8.21. The van der Waals surface area contributed by atoms with Gasteiger partial charge in [0.2, 0.25) is 0 Å². The van der Waals surface area contributed by atoms with E-state index in [1.807, 2.05) is 13.8 Å². The molecule has 1 saturated heterocycles. The number of carbonyl (C=O) groups excluding carboxylic acids is 1. The Labute approximate surface area is 201 Å². The molecule has 0 radical (unpaired) electrons. The summed E-state index contributed by atoms with van der Waals surface area (Å²) in [5, 5.41) is 9.76. The molecule has 0 unspecified atom stereocenters. The van der Waals surface area contributed by atoms with E-state index in [0.717, 1.165) is 36.2 Å². The van der Waals surface area contributed by atoms with E-state index in [1.54, 1.807) is 6.07 Å². The number of halogens is 1. The Morgan fingerprint density at radius 2 is 1.71 bits per heavy atom. The minimum Gasteiger partial charge on any atom is -0.493 e. The summed E-state index contributed by atoms with van der Waals surface area (Å²) in [6.07, 6.45) is 10.4. The van der Waals surface area contributed by atoms with E-state index < -0.39 is 29.2 Å². The van der Waals surface area contributed by atoms with Crippen LogP contribution in [-0.2, 0) is 4.79 Å². The topological polar surface area (TPSA) is 66.8 Å². The number of carboxylic acid groups (broad SMARTS) is 1. The van der Waals surface area contributed by atoms with Gasteiger partial charge in [0.15, 0.2) is 0 Å². The third kappa shape index (κ3) is 3.72. The van der Waals surface area contributed by atoms with Crippen LogP contribution < -0.4 is 4.74 Å². The monoisotopic (exact) mass is 469 g/mol. The van der Waals surface area contributed by atoms with E-state index >= 15 is 4.39 Å². The van der Waals surface area contributed by atoms with Gasteiger partial charge < -0.3 is 14.7 Å². The van der Waals surface area contributed by atoms with Crippen molar-refractivity contribution in [1.29, 1.82) is 0 Å². The van der Waals surface area contributed by atoms with Crippen molar-refractivity contribution in [2.75, 3.05) is 13.2 Å². The number of nitrogens with zero attached hydrogens (tertiary/aromatic N) is 1. The maximum atomic E-state index is 15.3. The average Bonchev–Trinajstić information content (AvgIpc) is 3.53. The fraction of sp³-hybridized carbons (Fsp3) is 0.714. The van der Waals surface area contributed by atoms with Crippen LogP contribution in [0.2, 0.25) is 0 Å². The molecular weight excluding hydrogens is 433 g/mol. The third-order valence-corrected chi connectivity index (χ3v) is 9.59. The Morgan fingerprint density at radius 1 is 1.09 bits per heavy atom. The lowest BCUT2D eigenvalue weighted by Crippen LogP contribution is -2.48. The third-order valence-electron chi connectivity index (χ3n) is 9.59. The Morgan fingerprint density at radius 3 is 2.26 bits per heavy atom. The predicted molar refractivity (Wildman–Crippen MR) is 125 cm³/mol. The van der Waals surface area contributed by atoms with Crippen molar-refractivity contribution < 1.29 is 23.8 Å². The molecule has 6 heteroatoms. The number of aliphatic carboxylic acids is 1. The molecular formula is C28H36FNO4. The molecule has 1 aromatic rings.